The van der Waals surface area contributed by atoms with E-state index >= 15 is 0 Å². The lowest BCUT2D eigenvalue weighted by Crippen LogP contribution is -2.50. The van der Waals surface area contributed by atoms with Crippen molar-refractivity contribution in [2.45, 2.75) is 39.7 Å². The van der Waals surface area contributed by atoms with Crippen molar-refractivity contribution in [2.75, 3.05) is 13.1 Å². The van der Waals surface area contributed by atoms with Gasteiger partial charge in [0.05, 0.1) is 0 Å². The Morgan fingerprint density at radius 3 is 2.07 bits per heavy atom. The number of hydrogen-bond acceptors (Lipinski definition) is 2. The van der Waals surface area contributed by atoms with E-state index in [1.807, 2.05) is 0 Å². The SMILES string of the molecule is CC1CC(C)CN(C(=O)C(C)(C)O)C1. The molecular formula is C11H21NO2. The molecule has 1 saturated heterocycles. The zero-order valence-electron chi connectivity index (χ0n) is 9.58. The smallest absolute Gasteiger partial charge is 0.253 e. The van der Waals surface area contributed by atoms with Gasteiger partial charge in [-0.15, -0.1) is 0 Å². The standard InChI is InChI=1S/C11H21NO2/c1-8-5-9(2)7-12(6-8)10(13)11(3,4)14/h8-9,14H,5-7H2,1-4H3. The first kappa shape index (κ1) is 11.5. The van der Waals surface area contributed by atoms with E-state index in [4.69, 9.17) is 0 Å². The maximum absolute atomic E-state index is 11.8. The summed E-state index contributed by atoms with van der Waals surface area (Å²) in [5.74, 6) is 0.950. The van der Waals surface area contributed by atoms with E-state index in [-0.39, 0.29) is 5.91 Å². The number of carbonyl (C=O) groups is 1. The maximum Gasteiger partial charge on any atom is 0.253 e. The molecule has 3 nitrogen and oxygen atoms in total. The van der Waals surface area contributed by atoms with E-state index in [1.54, 1.807) is 18.7 Å². The quantitative estimate of drug-likeness (QED) is 0.690. The highest BCUT2D eigenvalue weighted by molar-refractivity contribution is 5.84. The third-order valence-corrected chi connectivity index (χ3v) is 2.68. The molecule has 82 valence electrons. The van der Waals surface area contributed by atoms with E-state index in [2.05, 4.69) is 13.8 Å². The van der Waals surface area contributed by atoms with Gasteiger partial charge in [-0.05, 0) is 32.1 Å². The third-order valence-electron chi connectivity index (χ3n) is 2.68. The van der Waals surface area contributed by atoms with Crippen LogP contribution >= 0.6 is 0 Å². The van der Waals surface area contributed by atoms with Crippen LogP contribution in [-0.4, -0.2) is 34.6 Å². The summed E-state index contributed by atoms with van der Waals surface area (Å²) in [5.41, 5.74) is -1.23. The van der Waals surface area contributed by atoms with Gasteiger partial charge in [-0.3, -0.25) is 4.79 Å². The second kappa shape index (κ2) is 3.89. The van der Waals surface area contributed by atoms with Crippen molar-refractivity contribution in [1.29, 1.82) is 0 Å². The molecule has 2 atom stereocenters. The predicted octanol–water partition coefficient (Wildman–Crippen LogP) is 1.26. The summed E-state index contributed by atoms with van der Waals surface area (Å²) in [5, 5.41) is 9.62. The highest BCUT2D eigenvalue weighted by atomic mass is 16.3. The Morgan fingerprint density at radius 2 is 1.71 bits per heavy atom. The molecule has 0 radical (unpaired) electrons. The van der Waals surface area contributed by atoms with Crippen molar-refractivity contribution < 1.29 is 9.90 Å². The Hall–Kier alpha value is -0.570. The lowest BCUT2D eigenvalue weighted by atomic mass is 9.91. The average molecular weight is 199 g/mol. The summed E-state index contributed by atoms with van der Waals surface area (Å²) >= 11 is 0. The number of carbonyl (C=O) groups excluding carboxylic acids is 1. The number of nitrogens with zero attached hydrogens (tertiary/aromatic N) is 1. The van der Waals surface area contributed by atoms with E-state index in [0.29, 0.717) is 11.8 Å². The molecule has 0 saturated carbocycles. The molecule has 0 aromatic rings. The third kappa shape index (κ3) is 2.71. The van der Waals surface area contributed by atoms with Gasteiger partial charge in [-0.2, -0.15) is 0 Å². The van der Waals surface area contributed by atoms with Crippen molar-refractivity contribution in [3.05, 3.63) is 0 Å². The van der Waals surface area contributed by atoms with E-state index in [1.165, 1.54) is 6.42 Å². The molecule has 1 rings (SSSR count). The zero-order valence-corrected chi connectivity index (χ0v) is 9.58. The Bertz CT molecular complexity index is 210. The van der Waals surface area contributed by atoms with Crippen LogP contribution in [-0.2, 0) is 4.79 Å². The molecule has 1 N–H and O–H groups in total. The number of piperidine rings is 1. The minimum Gasteiger partial charge on any atom is -0.381 e. The van der Waals surface area contributed by atoms with Crippen LogP contribution in [0.2, 0.25) is 0 Å². The van der Waals surface area contributed by atoms with Crippen LogP contribution in [0.1, 0.15) is 34.1 Å². The number of rotatable bonds is 1. The second-order valence-electron chi connectivity index (χ2n) is 5.22. The maximum atomic E-state index is 11.8. The normalized spacial score (nSPS) is 29.1. The molecule has 2 unspecified atom stereocenters. The predicted molar refractivity (Wildman–Crippen MR) is 55.8 cm³/mol. The number of aliphatic hydroxyl groups is 1. The first-order valence-corrected chi connectivity index (χ1v) is 5.32. The molecule has 1 heterocycles. The van der Waals surface area contributed by atoms with Crippen molar-refractivity contribution >= 4 is 5.91 Å². The van der Waals surface area contributed by atoms with E-state index in [0.717, 1.165) is 13.1 Å². The van der Waals surface area contributed by atoms with Gasteiger partial charge in [0.25, 0.3) is 5.91 Å². The summed E-state index contributed by atoms with van der Waals surface area (Å²) in [7, 11) is 0. The molecule has 0 bridgehead atoms. The molecule has 1 fully saturated rings. The molecule has 0 spiro atoms. The Labute approximate surface area is 86.1 Å². The van der Waals surface area contributed by atoms with Crippen LogP contribution in [0, 0.1) is 11.8 Å². The zero-order chi connectivity index (χ0) is 10.9. The van der Waals surface area contributed by atoms with Gasteiger partial charge in [0.2, 0.25) is 0 Å². The summed E-state index contributed by atoms with van der Waals surface area (Å²) in [6.45, 7) is 8.99. The second-order valence-corrected chi connectivity index (χ2v) is 5.22. The van der Waals surface area contributed by atoms with Gasteiger partial charge in [-0.1, -0.05) is 13.8 Å². The lowest BCUT2D eigenvalue weighted by Gasteiger charge is -2.37. The fourth-order valence-corrected chi connectivity index (χ4v) is 2.22. The van der Waals surface area contributed by atoms with Crippen LogP contribution < -0.4 is 0 Å². The minimum absolute atomic E-state index is 0.143. The van der Waals surface area contributed by atoms with Crippen molar-refractivity contribution in [1.82, 2.24) is 4.90 Å². The summed E-state index contributed by atoms with van der Waals surface area (Å²) in [6.07, 6.45) is 1.18. The Balaban J connectivity index is 2.64. The van der Waals surface area contributed by atoms with Crippen LogP contribution in [0.3, 0.4) is 0 Å². The molecule has 1 aliphatic heterocycles. The van der Waals surface area contributed by atoms with Crippen LogP contribution in [0.15, 0.2) is 0 Å². The lowest BCUT2D eigenvalue weighted by molar-refractivity contribution is -0.150. The van der Waals surface area contributed by atoms with Crippen molar-refractivity contribution in [2.24, 2.45) is 11.8 Å². The number of likely N-dealkylation sites (tertiary alicyclic amines) is 1. The topological polar surface area (TPSA) is 40.5 Å². The Morgan fingerprint density at radius 1 is 1.29 bits per heavy atom. The molecular weight excluding hydrogens is 178 g/mol. The Kier molecular flexibility index (Phi) is 3.20. The molecule has 14 heavy (non-hydrogen) atoms. The van der Waals surface area contributed by atoms with Gasteiger partial charge >= 0.3 is 0 Å². The van der Waals surface area contributed by atoms with Crippen LogP contribution in [0.5, 0.6) is 0 Å². The van der Waals surface area contributed by atoms with Crippen molar-refractivity contribution in [3.8, 4) is 0 Å². The fraction of sp³-hybridized carbons (Fsp3) is 0.909. The van der Waals surface area contributed by atoms with E-state index in [9.17, 15) is 9.90 Å². The van der Waals surface area contributed by atoms with Gasteiger partial charge in [0, 0.05) is 13.1 Å². The first-order valence-electron chi connectivity index (χ1n) is 5.32. The molecule has 1 aliphatic rings. The average Bonchev–Trinajstić information content (AvgIpc) is 1.99. The summed E-state index contributed by atoms with van der Waals surface area (Å²) in [4.78, 5) is 13.6. The molecule has 1 amide bonds. The molecule has 0 aromatic carbocycles. The molecule has 0 aromatic heterocycles. The first-order chi connectivity index (χ1) is 6.30. The van der Waals surface area contributed by atoms with Gasteiger partial charge in [0.1, 0.15) is 5.60 Å². The number of amides is 1. The molecule has 0 aliphatic carbocycles. The highest BCUT2D eigenvalue weighted by Crippen LogP contribution is 2.22. The highest BCUT2D eigenvalue weighted by Gasteiger charge is 2.33. The van der Waals surface area contributed by atoms with Crippen molar-refractivity contribution in [3.63, 3.8) is 0 Å². The van der Waals surface area contributed by atoms with Crippen LogP contribution in [0.25, 0.3) is 0 Å². The van der Waals surface area contributed by atoms with E-state index < -0.39 is 5.60 Å². The molecule has 3 heteroatoms. The van der Waals surface area contributed by atoms with Gasteiger partial charge in [-0.25, -0.2) is 0 Å². The largest absolute Gasteiger partial charge is 0.381 e. The fourth-order valence-electron chi connectivity index (χ4n) is 2.22. The monoisotopic (exact) mass is 199 g/mol. The summed E-state index contributed by atoms with van der Waals surface area (Å²) in [6, 6.07) is 0. The number of hydrogen-bond donors (Lipinski definition) is 1. The van der Waals surface area contributed by atoms with Crippen LogP contribution in [0.4, 0.5) is 0 Å². The van der Waals surface area contributed by atoms with Gasteiger partial charge in [0.15, 0.2) is 0 Å². The minimum atomic E-state index is -1.23. The van der Waals surface area contributed by atoms with Gasteiger partial charge < -0.3 is 10.0 Å². The summed E-state index contributed by atoms with van der Waals surface area (Å²) < 4.78 is 0.